The summed E-state index contributed by atoms with van der Waals surface area (Å²) in [4.78, 5) is 0. The summed E-state index contributed by atoms with van der Waals surface area (Å²) in [6, 6.07) is 69.7. The van der Waals surface area contributed by atoms with E-state index in [9.17, 15) is 0 Å². The van der Waals surface area contributed by atoms with Crippen molar-refractivity contribution in [1.82, 2.24) is 0 Å². The summed E-state index contributed by atoms with van der Waals surface area (Å²) in [5.74, 6) is 1.82. The second-order valence-corrected chi connectivity index (χ2v) is 15.3. The second-order valence-electron chi connectivity index (χ2n) is 15.3. The molecule has 0 saturated heterocycles. The van der Waals surface area contributed by atoms with E-state index >= 15 is 0 Å². The van der Waals surface area contributed by atoms with Crippen molar-refractivity contribution in [2.45, 2.75) is 17.8 Å². The van der Waals surface area contributed by atoms with Crippen molar-refractivity contribution in [3.8, 4) is 44.9 Å². The van der Waals surface area contributed by atoms with E-state index in [0.717, 1.165) is 11.5 Å². The van der Waals surface area contributed by atoms with Crippen molar-refractivity contribution in [1.29, 1.82) is 0 Å². The minimum absolute atomic E-state index is 0.314. The van der Waals surface area contributed by atoms with Gasteiger partial charge in [0, 0.05) is 16.5 Å². The van der Waals surface area contributed by atoms with Gasteiger partial charge in [-0.25, -0.2) is 0 Å². The Balaban J connectivity index is 1.14. The summed E-state index contributed by atoms with van der Waals surface area (Å²) in [5, 5.41) is 5.01. The fraction of sp³-hybridized carbons (Fsp3) is 0.0566. The molecule has 2 aliphatic carbocycles. The first-order chi connectivity index (χ1) is 26.7. The smallest absolute Gasteiger partial charge is 0.132 e. The molecular weight excluding hydrogens is 653 g/mol. The van der Waals surface area contributed by atoms with Gasteiger partial charge < -0.3 is 4.74 Å². The van der Waals surface area contributed by atoms with Crippen LogP contribution in [0.2, 0.25) is 0 Å². The van der Waals surface area contributed by atoms with Gasteiger partial charge in [-0.1, -0.05) is 164 Å². The van der Waals surface area contributed by atoms with E-state index in [2.05, 4.69) is 195 Å². The third kappa shape index (κ3) is 3.69. The van der Waals surface area contributed by atoms with Crippen LogP contribution in [0.1, 0.15) is 45.9 Å². The fourth-order valence-corrected chi connectivity index (χ4v) is 10.4. The highest BCUT2D eigenvalue weighted by molar-refractivity contribution is 6.04. The lowest BCUT2D eigenvalue weighted by Crippen LogP contribution is -2.32. The van der Waals surface area contributed by atoms with Crippen molar-refractivity contribution in [3.05, 3.63) is 227 Å². The molecule has 0 saturated carbocycles. The molecule has 0 amide bonds. The van der Waals surface area contributed by atoms with Crippen LogP contribution >= 0.6 is 0 Å². The number of rotatable bonds is 2. The SMILES string of the molecule is CC1(c2ccccc2)c2cc(-c3ccc4c(c3)C3(c5ccccc5-c5ccccc53)c3c(ccc5ccccc35)O4)ccc2-c2c1ccc1ccccc21. The Labute approximate surface area is 314 Å². The number of benzene rings is 9. The van der Waals surface area contributed by atoms with Crippen LogP contribution in [0, 0.1) is 0 Å². The monoisotopic (exact) mass is 686 g/mol. The molecule has 1 heteroatoms. The molecule has 54 heavy (non-hydrogen) atoms. The van der Waals surface area contributed by atoms with Crippen LogP contribution in [-0.2, 0) is 10.8 Å². The Hall–Kier alpha value is -6.70. The van der Waals surface area contributed by atoms with E-state index in [-0.39, 0.29) is 5.41 Å². The molecule has 1 aliphatic heterocycles. The number of hydrogen-bond donors (Lipinski definition) is 0. The van der Waals surface area contributed by atoms with Crippen molar-refractivity contribution in [3.63, 3.8) is 0 Å². The highest BCUT2D eigenvalue weighted by Gasteiger charge is 2.52. The molecular formula is C53H34O. The van der Waals surface area contributed by atoms with Crippen LogP contribution in [0.15, 0.2) is 188 Å². The third-order valence-corrected chi connectivity index (χ3v) is 12.8. The number of ether oxygens (including phenoxy) is 1. The zero-order valence-corrected chi connectivity index (χ0v) is 29.8. The first-order valence-electron chi connectivity index (χ1n) is 18.9. The topological polar surface area (TPSA) is 9.23 Å². The van der Waals surface area contributed by atoms with E-state index in [1.165, 1.54) is 93.9 Å². The van der Waals surface area contributed by atoms with Crippen molar-refractivity contribution in [2.24, 2.45) is 0 Å². The van der Waals surface area contributed by atoms with Gasteiger partial charge in [0.1, 0.15) is 11.5 Å². The minimum atomic E-state index is -0.558. The Morgan fingerprint density at radius 3 is 1.72 bits per heavy atom. The minimum Gasteiger partial charge on any atom is -0.457 e. The van der Waals surface area contributed by atoms with Crippen LogP contribution in [0.25, 0.3) is 54.9 Å². The summed E-state index contributed by atoms with van der Waals surface area (Å²) < 4.78 is 6.94. The van der Waals surface area contributed by atoms with Gasteiger partial charge in [0.05, 0.1) is 5.41 Å². The van der Waals surface area contributed by atoms with Gasteiger partial charge >= 0.3 is 0 Å². The lowest BCUT2D eigenvalue weighted by molar-refractivity contribution is 0.438. The van der Waals surface area contributed by atoms with Gasteiger partial charge in [0.15, 0.2) is 0 Å². The van der Waals surface area contributed by atoms with Gasteiger partial charge in [-0.2, -0.15) is 0 Å². The van der Waals surface area contributed by atoms with Gasteiger partial charge in [-0.05, 0) is 114 Å². The molecule has 252 valence electrons. The van der Waals surface area contributed by atoms with Crippen LogP contribution < -0.4 is 4.74 Å². The lowest BCUT2D eigenvalue weighted by Gasteiger charge is -2.40. The molecule has 1 atom stereocenters. The standard InChI is InChI=1S/C53H34O/c1-52(37-15-3-2-4-16-37)45-28-24-33-13-5-7-17-38(33)50(45)42-27-23-35(31-46(42)52)36-26-29-48-47(32-36)53(51-39-18-8-6-14-34(39)25-30-49(51)54-48)43-21-11-9-19-40(43)41-20-10-12-22-44(41)53/h2-32H,1H3. The quantitative estimate of drug-likeness (QED) is 0.176. The molecule has 0 radical (unpaired) electrons. The first-order valence-corrected chi connectivity index (χ1v) is 18.9. The van der Waals surface area contributed by atoms with Crippen LogP contribution in [0.4, 0.5) is 0 Å². The van der Waals surface area contributed by atoms with Crippen LogP contribution in [0.3, 0.4) is 0 Å². The molecule has 0 aromatic heterocycles. The van der Waals surface area contributed by atoms with Gasteiger partial charge in [0.2, 0.25) is 0 Å². The summed E-state index contributed by atoms with van der Waals surface area (Å²) in [7, 11) is 0. The van der Waals surface area contributed by atoms with Crippen molar-refractivity contribution in [2.75, 3.05) is 0 Å². The predicted octanol–water partition coefficient (Wildman–Crippen LogP) is 13.5. The molecule has 3 aliphatic rings. The molecule has 12 rings (SSSR count). The zero-order chi connectivity index (χ0) is 35.6. The summed E-state index contributed by atoms with van der Waals surface area (Å²) in [5.41, 5.74) is 15.8. The largest absolute Gasteiger partial charge is 0.457 e. The third-order valence-electron chi connectivity index (χ3n) is 12.8. The molecule has 0 bridgehead atoms. The fourth-order valence-electron chi connectivity index (χ4n) is 10.4. The molecule has 1 heterocycles. The highest BCUT2D eigenvalue weighted by Crippen LogP contribution is 2.64. The average Bonchev–Trinajstić information content (AvgIpc) is 3.68. The van der Waals surface area contributed by atoms with E-state index in [1.54, 1.807) is 0 Å². The maximum Gasteiger partial charge on any atom is 0.132 e. The summed E-state index contributed by atoms with van der Waals surface area (Å²) in [6.45, 7) is 2.41. The highest BCUT2D eigenvalue weighted by atomic mass is 16.5. The summed E-state index contributed by atoms with van der Waals surface area (Å²) in [6.07, 6.45) is 0. The molecule has 9 aromatic rings. The Morgan fingerprint density at radius 1 is 0.389 bits per heavy atom. The molecule has 1 spiro atoms. The Kier molecular flexibility index (Phi) is 5.90. The maximum atomic E-state index is 6.94. The Bertz CT molecular complexity index is 3000. The van der Waals surface area contributed by atoms with E-state index < -0.39 is 5.41 Å². The zero-order valence-electron chi connectivity index (χ0n) is 29.8. The molecule has 0 fully saturated rings. The lowest BCUT2D eigenvalue weighted by atomic mass is 9.64. The molecule has 1 unspecified atom stereocenters. The van der Waals surface area contributed by atoms with E-state index in [1.807, 2.05) is 0 Å². The van der Waals surface area contributed by atoms with Crippen LogP contribution in [0.5, 0.6) is 11.5 Å². The van der Waals surface area contributed by atoms with Gasteiger partial charge in [-0.15, -0.1) is 0 Å². The maximum absolute atomic E-state index is 6.94. The normalized spacial score (nSPS) is 16.6. The summed E-state index contributed by atoms with van der Waals surface area (Å²) >= 11 is 0. The Morgan fingerprint density at radius 2 is 0.963 bits per heavy atom. The van der Waals surface area contributed by atoms with Crippen LogP contribution in [-0.4, -0.2) is 0 Å². The molecule has 1 nitrogen and oxygen atoms in total. The molecule has 0 N–H and O–H groups in total. The first kappa shape index (κ1) is 29.8. The average molecular weight is 687 g/mol. The molecule has 9 aromatic carbocycles. The number of fused-ring (bicyclic) bond motifs is 16. The van der Waals surface area contributed by atoms with E-state index in [0.29, 0.717) is 0 Å². The van der Waals surface area contributed by atoms with Gasteiger partial charge in [-0.3, -0.25) is 0 Å². The second kappa shape index (κ2) is 10.7. The van der Waals surface area contributed by atoms with Crippen molar-refractivity contribution < 1.29 is 4.74 Å². The number of hydrogen-bond acceptors (Lipinski definition) is 1. The van der Waals surface area contributed by atoms with Crippen molar-refractivity contribution >= 4 is 21.5 Å². The predicted molar refractivity (Wildman–Crippen MR) is 222 cm³/mol. The van der Waals surface area contributed by atoms with E-state index in [4.69, 9.17) is 4.74 Å². The van der Waals surface area contributed by atoms with Gasteiger partial charge in [0.25, 0.3) is 0 Å².